The molecule has 1 unspecified atom stereocenters. The predicted octanol–water partition coefficient (Wildman–Crippen LogP) is 3.47. The maximum absolute atomic E-state index is 6.15. The highest BCUT2D eigenvalue weighted by molar-refractivity contribution is 6.35. The van der Waals surface area contributed by atoms with Crippen LogP contribution in [0, 0.1) is 0 Å². The van der Waals surface area contributed by atoms with Gasteiger partial charge >= 0.3 is 0 Å². The van der Waals surface area contributed by atoms with Gasteiger partial charge in [-0.25, -0.2) is 4.98 Å². The lowest BCUT2D eigenvalue weighted by atomic mass is 9.82. The summed E-state index contributed by atoms with van der Waals surface area (Å²) in [6.07, 6.45) is 4.62. The molecule has 1 aliphatic rings. The van der Waals surface area contributed by atoms with Crippen LogP contribution in [0.25, 0.3) is 11.5 Å². The molecular weight excluding hydrogens is 311 g/mol. The van der Waals surface area contributed by atoms with E-state index in [-0.39, 0.29) is 5.41 Å². The molecule has 2 aromatic rings. The fraction of sp³-hybridized carbons (Fsp3) is 0.500. The van der Waals surface area contributed by atoms with Gasteiger partial charge in [-0.05, 0) is 25.5 Å². The van der Waals surface area contributed by atoms with E-state index < -0.39 is 0 Å². The quantitative estimate of drug-likeness (QED) is 0.931. The zero-order chi connectivity index (χ0) is 14.9. The molecule has 0 aromatic carbocycles. The highest BCUT2D eigenvalue weighted by Crippen LogP contribution is 2.36. The molecule has 1 saturated heterocycles. The second-order valence-electron chi connectivity index (χ2n) is 5.36. The molecule has 1 N–H and O–H groups in total. The number of hydrogen-bond donors (Lipinski definition) is 1. The number of halogens is 2. The van der Waals surface area contributed by atoms with E-state index in [0.717, 1.165) is 32.4 Å². The third kappa shape index (κ3) is 2.78. The monoisotopic (exact) mass is 326 g/mol. The van der Waals surface area contributed by atoms with Crippen LogP contribution >= 0.6 is 23.2 Å². The van der Waals surface area contributed by atoms with Crippen LogP contribution < -0.4 is 5.32 Å². The first-order valence-electron chi connectivity index (χ1n) is 7.01. The summed E-state index contributed by atoms with van der Waals surface area (Å²) in [6.45, 7) is 4.00. The summed E-state index contributed by atoms with van der Waals surface area (Å²) in [4.78, 5) is 8.73. The number of rotatable bonds is 4. The number of nitrogens with one attached hydrogen (secondary N) is 1. The van der Waals surface area contributed by atoms with Crippen LogP contribution in [0.4, 0.5) is 0 Å². The molecule has 0 bridgehead atoms. The summed E-state index contributed by atoms with van der Waals surface area (Å²) in [6, 6.07) is 1.63. The second kappa shape index (κ2) is 5.91. The smallest absolute Gasteiger partial charge is 0.234 e. The van der Waals surface area contributed by atoms with Crippen molar-refractivity contribution in [3.8, 4) is 11.5 Å². The Morgan fingerprint density at radius 2 is 2.29 bits per heavy atom. The van der Waals surface area contributed by atoms with Crippen molar-refractivity contribution in [2.24, 2.45) is 0 Å². The molecule has 21 heavy (non-hydrogen) atoms. The molecule has 0 spiro atoms. The van der Waals surface area contributed by atoms with Crippen LogP contribution in [0.1, 0.15) is 32.1 Å². The molecule has 1 atom stereocenters. The highest BCUT2D eigenvalue weighted by atomic mass is 35.5. The Morgan fingerprint density at radius 1 is 1.43 bits per heavy atom. The van der Waals surface area contributed by atoms with Gasteiger partial charge in [0.1, 0.15) is 5.69 Å². The van der Waals surface area contributed by atoms with Crippen molar-refractivity contribution >= 4 is 23.2 Å². The van der Waals surface area contributed by atoms with Gasteiger partial charge in [0.25, 0.3) is 0 Å². The third-order valence-corrected chi connectivity index (χ3v) is 4.37. The van der Waals surface area contributed by atoms with E-state index in [2.05, 4.69) is 27.4 Å². The number of hydrogen-bond acceptors (Lipinski definition) is 5. The Bertz CT molecular complexity index is 638. The molecule has 2 aromatic heterocycles. The fourth-order valence-electron chi connectivity index (χ4n) is 2.84. The van der Waals surface area contributed by atoms with Crippen LogP contribution in [0.3, 0.4) is 0 Å². The van der Waals surface area contributed by atoms with Crippen LogP contribution in [-0.2, 0) is 5.41 Å². The number of nitrogens with zero attached hydrogens (tertiary/aromatic N) is 3. The van der Waals surface area contributed by atoms with Crippen LogP contribution in [0.5, 0.6) is 0 Å². The van der Waals surface area contributed by atoms with E-state index in [1.165, 1.54) is 6.20 Å². The molecule has 1 fully saturated rings. The molecule has 3 heterocycles. The first-order chi connectivity index (χ1) is 10.1. The summed E-state index contributed by atoms with van der Waals surface area (Å²) in [7, 11) is 0. The zero-order valence-corrected chi connectivity index (χ0v) is 13.2. The first-order valence-corrected chi connectivity index (χ1v) is 7.76. The number of pyridine rings is 1. The summed E-state index contributed by atoms with van der Waals surface area (Å²) in [5, 5.41) is 8.32. The summed E-state index contributed by atoms with van der Waals surface area (Å²) in [5.74, 6) is 1.08. The van der Waals surface area contributed by atoms with Gasteiger partial charge in [-0.1, -0.05) is 41.7 Å². The normalized spacial score (nSPS) is 21.9. The third-order valence-electron chi connectivity index (χ3n) is 3.87. The van der Waals surface area contributed by atoms with E-state index in [1.807, 2.05) is 0 Å². The summed E-state index contributed by atoms with van der Waals surface area (Å²) < 4.78 is 5.51. The Morgan fingerprint density at radius 3 is 2.95 bits per heavy atom. The minimum atomic E-state index is -0.0705. The van der Waals surface area contributed by atoms with Gasteiger partial charge in [-0.2, -0.15) is 4.98 Å². The Labute approximate surface area is 133 Å². The van der Waals surface area contributed by atoms with Crippen molar-refractivity contribution in [1.82, 2.24) is 20.4 Å². The molecule has 1 aliphatic heterocycles. The molecule has 7 heteroatoms. The van der Waals surface area contributed by atoms with E-state index in [4.69, 9.17) is 27.7 Å². The molecule has 3 rings (SSSR count). The minimum absolute atomic E-state index is 0.0705. The van der Waals surface area contributed by atoms with Gasteiger partial charge in [-0.15, -0.1) is 0 Å². The van der Waals surface area contributed by atoms with E-state index in [9.17, 15) is 0 Å². The maximum Gasteiger partial charge on any atom is 0.234 e. The molecule has 0 amide bonds. The van der Waals surface area contributed by atoms with Crippen LogP contribution in [0.15, 0.2) is 16.8 Å². The van der Waals surface area contributed by atoms with Crippen molar-refractivity contribution in [2.75, 3.05) is 13.1 Å². The van der Waals surface area contributed by atoms with Crippen molar-refractivity contribution in [3.05, 3.63) is 28.2 Å². The molecule has 5 nitrogen and oxygen atoms in total. The van der Waals surface area contributed by atoms with Crippen molar-refractivity contribution in [3.63, 3.8) is 0 Å². The van der Waals surface area contributed by atoms with Gasteiger partial charge in [0.2, 0.25) is 11.7 Å². The molecule has 0 saturated carbocycles. The lowest BCUT2D eigenvalue weighted by Gasteiger charge is -2.22. The van der Waals surface area contributed by atoms with Gasteiger partial charge in [0.15, 0.2) is 0 Å². The van der Waals surface area contributed by atoms with Crippen molar-refractivity contribution in [2.45, 2.75) is 31.6 Å². The lowest BCUT2D eigenvalue weighted by Crippen LogP contribution is -2.29. The van der Waals surface area contributed by atoms with E-state index >= 15 is 0 Å². The number of aromatic nitrogens is 3. The van der Waals surface area contributed by atoms with E-state index in [1.54, 1.807) is 6.07 Å². The van der Waals surface area contributed by atoms with Gasteiger partial charge in [0.05, 0.1) is 15.5 Å². The average Bonchev–Trinajstić information content (AvgIpc) is 3.08. The largest absolute Gasteiger partial charge is 0.338 e. The van der Waals surface area contributed by atoms with Gasteiger partial charge in [-0.3, -0.25) is 0 Å². The molecule has 0 aliphatic carbocycles. The maximum atomic E-state index is 6.15. The Kier molecular flexibility index (Phi) is 4.15. The molecule has 112 valence electrons. The second-order valence-corrected chi connectivity index (χ2v) is 6.21. The summed E-state index contributed by atoms with van der Waals surface area (Å²) >= 11 is 12.0. The Hall–Kier alpha value is -1.17. The van der Waals surface area contributed by atoms with Crippen molar-refractivity contribution < 1.29 is 4.52 Å². The minimum Gasteiger partial charge on any atom is -0.338 e. The first kappa shape index (κ1) is 14.8. The summed E-state index contributed by atoms with van der Waals surface area (Å²) in [5.41, 5.74) is 0.424. The van der Waals surface area contributed by atoms with Crippen LogP contribution in [-0.4, -0.2) is 28.2 Å². The van der Waals surface area contributed by atoms with Crippen LogP contribution in [0.2, 0.25) is 10.0 Å². The van der Waals surface area contributed by atoms with Gasteiger partial charge < -0.3 is 9.84 Å². The molecular formula is C14H16Cl2N4O. The van der Waals surface area contributed by atoms with Gasteiger partial charge in [0, 0.05) is 12.7 Å². The standard InChI is InChI=1S/C14H16Cl2N4O/c1-2-3-14(4-5-17-8-14)13-19-12(20-21-13)11-10(16)6-9(15)7-18-11/h6-7,17H,2-5,8H2,1H3. The topological polar surface area (TPSA) is 63.8 Å². The van der Waals surface area contributed by atoms with E-state index in [0.29, 0.717) is 27.5 Å². The van der Waals surface area contributed by atoms with Crippen molar-refractivity contribution in [1.29, 1.82) is 0 Å². The Balaban J connectivity index is 1.95. The molecule has 0 radical (unpaired) electrons. The zero-order valence-electron chi connectivity index (χ0n) is 11.7. The highest BCUT2D eigenvalue weighted by Gasteiger charge is 2.40. The fourth-order valence-corrected chi connectivity index (χ4v) is 3.30. The SMILES string of the molecule is CCCC1(c2nc(-c3ncc(Cl)cc3Cl)no2)CCNC1. The lowest BCUT2D eigenvalue weighted by molar-refractivity contribution is 0.277. The predicted molar refractivity (Wildman–Crippen MR) is 81.6 cm³/mol. The average molecular weight is 327 g/mol.